The van der Waals surface area contributed by atoms with E-state index in [-0.39, 0.29) is 5.56 Å². The number of rotatable bonds is 5. The number of hydrogen-bond donors (Lipinski definition) is 2. The fourth-order valence-electron chi connectivity index (χ4n) is 1.79. The van der Waals surface area contributed by atoms with E-state index in [9.17, 15) is 4.79 Å². The molecule has 0 aliphatic rings. The molecule has 0 radical (unpaired) electrons. The van der Waals surface area contributed by atoms with Gasteiger partial charge in [-0.15, -0.1) is 0 Å². The number of hydrazone groups is 1. The summed E-state index contributed by atoms with van der Waals surface area (Å²) in [6.07, 6.45) is 0. The smallest absolute Gasteiger partial charge is 0.335 e. The van der Waals surface area contributed by atoms with Crippen LogP contribution in [-0.2, 0) is 0 Å². The molecule has 2 aromatic rings. The van der Waals surface area contributed by atoms with Crippen molar-refractivity contribution in [1.82, 2.24) is 5.43 Å². The third-order valence-electron chi connectivity index (χ3n) is 3.10. The first kappa shape index (κ1) is 15.8. The van der Waals surface area contributed by atoms with Crippen LogP contribution < -0.4 is 5.43 Å². The minimum Gasteiger partial charge on any atom is -0.478 e. The van der Waals surface area contributed by atoms with Crippen LogP contribution in [-0.4, -0.2) is 16.8 Å². The van der Waals surface area contributed by atoms with E-state index in [1.807, 2.05) is 19.1 Å². The van der Waals surface area contributed by atoms with E-state index in [1.165, 1.54) is 0 Å². The average Bonchev–Trinajstić information content (AvgIpc) is 2.53. The fourth-order valence-corrected chi connectivity index (χ4v) is 1.91. The Balaban J connectivity index is 2.07. The molecule has 0 heterocycles. The zero-order valence-corrected chi connectivity index (χ0v) is 12.8. The molecule has 0 unspecified atom stereocenters. The number of carboxylic acids is 1. The summed E-state index contributed by atoms with van der Waals surface area (Å²) >= 11 is 5.84. The Hall–Kier alpha value is -2.59. The highest BCUT2D eigenvalue weighted by Gasteiger charge is 2.04. The van der Waals surface area contributed by atoms with Crippen molar-refractivity contribution in [2.45, 2.75) is 6.92 Å². The fraction of sp³-hybridized carbons (Fsp3) is 0.0588. The normalized spacial score (nSPS) is 11.1. The second kappa shape index (κ2) is 6.91. The Morgan fingerprint density at radius 3 is 2.09 bits per heavy atom. The maximum absolute atomic E-state index is 10.8. The van der Waals surface area contributed by atoms with E-state index in [4.69, 9.17) is 16.7 Å². The molecule has 0 fully saturated rings. The molecule has 0 amide bonds. The Kier molecular flexibility index (Phi) is 4.96. The van der Waals surface area contributed by atoms with Gasteiger partial charge in [-0.05, 0) is 42.3 Å². The predicted molar refractivity (Wildman–Crippen MR) is 89.2 cm³/mol. The first-order valence-electron chi connectivity index (χ1n) is 6.56. The van der Waals surface area contributed by atoms with Crippen molar-refractivity contribution >= 4 is 29.0 Å². The molecule has 0 bridgehead atoms. The van der Waals surface area contributed by atoms with Crippen molar-refractivity contribution in [2.24, 2.45) is 5.10 Å². The number of hydrogen-bond acceptors (Lipinski definition) is 3. The molecule has 2 aromatic carbocycles. The lowest BCUT2D eigenvalue weighted by atomic mass is 10.1. The van der Waals surface area contributed by atoms with Gasteiger partial charge in [-0.2, -0.15) is 5.10 Å². The van der Waals surface area contributed by atoms with Crippen LogP contribution in [0.2, 0.25) is 5.02 Å². The van der Waals surface area contributed by atoms with Crippen LogP contribution in [0.4, 0.5) is 0 Å². The van der Waals surface area contributed by atoms with E-state index < -0.39 is 5.97 Å². The van der Waals surface area contributed by atoms with Crippen molar-refractivity contribution in [1.29, 1.82) is 0 Å². The van der Waals surface area contributed by atoms with Gasteiger partial charge in [-0.1, -0.05) is 42.4 Å². The van der Waals surface area contributed by atoms with E-state index in [2.05, 4.69) is 17.1 Å². The molecule has 2 rings (SSSR count). The number of benzene rings is 2. The Morgan fingerprint density at radius 1 is 1.05 bits per heavy atom. The van der Waals surface area contributed by atoms with E-state index in [1.54, 1.807) is 36.4 Å². The van der Waals surface area contributed by atoms with Crippen molar-refractivity contribution in [3.05, 3.63) is 76.8 Å². The van der Waals surface area contributed by atoms with Crippen LogP contribution in [0.5, 0.6) is 0 Å². The second-order valence-corrected chi connectivity index (χ2v) is 5.11. The summed E-state index contributed by atoms with van der Waals surface area (Å²) in [5.41, 5.74) is 6.24. The van der Waals surface area contributed by atoms with Crippen LogP contribution in [0.25, 0.3) is 5.70 Å². The highest BCUT2D eigenvalue weighted by Crippen LogP contribution is 2.14. The second-order valence-electron chi connectivity index (χ2n) is 4.68. The summed E-state index contributed by atoms with van der Waals surface area (Å²) in [6, 6.07) is 13.8. The number of carbonyl (C=O) groups is 1. The lowest BCUT2D eigenvalue weighted by Crippen LogP contribution is -2.08. The van der Waals surface area contributed by atoms with Gasteiger partial charge in [0, 0.05) is 5.02 Å². The quantitative estimate of drug-likeness (QED) is 0.647. The molecule has 4 nitrogen and oxygen atoms in total. The van der Waals surface area contributed by atoms with E-state index >= 15 is 0 Å². The number of aromatic carboxylic acids is 1. The molecular weight excluding hydrogens is 300 g/mol. The van der Waals surface area contributed by atoms with Crippen LogP contribution in [0, 0.1) is 0 Å². The molecule has 0 aliphatic carbocycles. The van der Waals surface area contributed by atoms with Crippen LogP contribution in [0.3, 0.4) is 0 Å². The van der Waals surface area contributed by atoms with Gasteiger partial charge in [0.05, 0.1) is 17.0 Å². The molecular formula is C17H15ClN2O2. The van der Waals surface area contributed by atoms with Gasteiger partial charge >= 0.3 is 5.97 Å². The Bertz CT molecular complexity index is 719. The largest absolute Gasteiger partial charge is 0.478 e. The summed E-state index contributed by atoms with van der Waals surface area (Å²) in [5.74, 6) is -0.949. The van der Waals surface area contributed by atoms with Crippen molar-refractivity contribution in [3.63, 3.8) is 0 Å². The average molecular weight is 315 g/mol. The SMILES string of the molecule is C=C(N/N=C(\C)c1ccc(C(=O)O)cc1)c1ccc(Cl)cc1. The van der Waals surface area contributed by atoms with Gasteiger partial charge in [0.1, 0.15) is 0 Å². The summed E-state index contributed by atoms with van der Waals surface area (Å²) in [5, 5.41) is 13.8. The minimum absolute atomic E-state index is 0.245. The number of nitrogens with zero attached hydrogens (tertiary/aromatic N) is 1. The molecule has 0 atom stereocenters. The number of nitrogens with one attached hydrogen (secondary N) is 1. The van der Waals surface area contributed by atoms with Gasteiger partial charge in [0.25, 0.3) is 0 Å². The molecule has 2 N–H and O–H groups in total. The summed E-state index contributed by atoms with van der Waals surface area (Å²) in [6.45, 7) is 5.75. The topological polar surface area (TPSA) is 61.7 Å². The van der Waals surface area contributed by atoms with Gasteiger partial charge < -0.3 is 5.11 Å². The third kappa shape index (κ3) is 3.96. The molecule has 22 heavy (non-hydrogen) atoms. The zero-order chi connectivity index (χ0) is 16.1. The minimum atomic E-state index is -0.949. The van der Waals surface area contributed by atoms with Gasteiger partial charge in [-0.3, -0.25) is 5.43 Å². The maximum atomic E-state index is 10.8. The first-order valence-corrected chi connectivity index (χ1v) is 6.94. The van der Waals surface area contributed by atoms with Gasteiger partial charge in [-0.25, -0.2) is 4.79 Å². The molecule has 0 spiro atoms. The highest BCUT2D eigenvalue weighted by atomic mass is 35.5. The molecule has 112 valence electrons. The molecule has 0 aliphatic heterocycles. The first-order chi connectivity index (χ1) is 10.5. The van der Waals surface area contributed by atoms with Crippen LogP contribution in [0.1, 0.15) is 28.4 Å². The Labute approximate surface area is 133 Å². The Morgan fingerprint density at radius 2 is 1.55 bits per heavy atom. The molecule has 5 heteroatoms. The van der Waals surface area contributed by atoms with Crippen LogP contribution in [0.15, 0.2) is 60.2 Å². The lowest BCUT2D eigenvalue weighted by Gasteiger charge is -2.07. The standard InChI is InChI=1S/C17H15ClN2O2/c1-11(13-3-5-15(6-4-13)17(21)22)19-20-12(2)14-7-9-16(18)10-8-14/h3-10,20H,2H2,1H3,(H,21,22)/b19-11+. The van der Waals surface area contributed by atoms with E-state index in [0.29, 0.717) is 10.7 Å². The molecule has 0 aromatic heterocycles. The highest BCUT2D eigenvalue weighted by molar-refractivity contribution is 6.30. The van der Waals surface area contributed by atoms with Crippen LogP contribution >= 0.6 is 11.6 Å². The molecule has 0 saturated heterocycles. The summed E-state index contributed by atoms with van der Waals surface area (Å²) in [4.78, 5) is 10.8. The number of carboxylic acid groups (broad SMARTS) is 1. The van der Waals surface area contributed by atoms with Gasteiger partial charge in [0.2, 0.25) is 0 Å². The zero-order valence-electron chi connectivity index (χ0n) is 12.0. The van der Waals surface area contributed by atoms with Gasteiger partial charge in [0.15, 0.2) is 0 Å². The predicted octanol–water partition coefficient (Wildman–Crippen LogP) is 4.02. The van der Waals surface area contributed by atoms with Crippen molar-refractivity contribution in [2.75, 3.05) is 0 Å². The van der Waals surface area contributed by atoms with Crippen molar-refractivity contribution in [3.8, 4) is 0 Å². The molecule has 0 saturated carbocycles. The third-order valence-corrected chi connectivity index (χ3v) is 3.35. The summed E-state index contributed by atoms with van der Waals surface area (Å²) < 4.78 is 0. The van der Waals surface area contributed by atoms with Crippen molar-refractivity contribution < 1.29 is 9.90 Å². The maximum Gasteiger partial charge on any atom is 0.335 e. The number of halogens is 1. The van der Waals surface area contributed by atoms with E-state index in [0.717, 1.165) is 16.8 Å². The summed E-state index contributed by atoms with van der Waals surface area (Å²) in [7, 11) is 0. The lowest BCUT2D eigenvalue weighted by molar-refractivity contribution is 0.0697. The monoisotopic (exact) mass is 314 g/mol.